The van der Waals surface area contributed by atoms with Crippen molar-refractivity contribution in [1.82, 2.24) is 15.5 Å². The highest BCUT2D eigenvalue weighted by atomic mass is 16.4. The first-order valence-electron chi connectivity index (χ1n) is 10.2. The van der Waals surface area contributed by atoms with E-state index in [2.05, 4.69) is 15.6 Å². The third-order valence-corrected chi connectivity index (χ3v) is 4.89. The molecular weight excluding hydrogens is 424 g/mol. The molecule has 0 saturated carbocycles. The van der Waals surface area contributed by atoms with Gasteiger partial charge in [-0.3, -0.25) is 24.2 Å². The van der Waals surface area contributed by atoms with Crippen LogP contribution in [0, 0.1) is 0 Å². The first-order chi connectivity index (χ1) is 14.9. The van der Waals surface area contributed by atoms with E-state index in [1.807, 2.05) is 0 Å². The van der Waals surface area contributed by atoms with E-state index in [-0.39, 0.29) is 25.5 Å². The van der Waals surface area contributed by atoms with Gasteiger partial charge in [-0.1, -0.05) is 0 Å². The predicted molar refractivity (Wildman–Crippen MR) is 114 cm³/mol. The minimum absolute atomic E-state index is 0.119. The molecule has 0 aliphatic carbocycles. The molecule has 0 aromatic carbocycles. The summed E-state index contributed by atoms with van der Waals surface area (Å²) >= 11 is 0. The minimum atomic E-state index is -1.22. The lowest BCUT2D eigenvalue weighted by molar-refractivity contribution is -0.149. The summed E-state index contributed by atoms with van der Waals surface area (Å²) in [5.74, 6) is -3.99. The van der Waals surface area contributed by atoms with Crippen LogP contribution in [-0.4, -0.2) is 82.8 Å². The molecule has 1 aliphatic rings. The molecule has 1 fully saturated rings. The molecule has 0 spiro atoms. The number of nitrogens with one attached hydrogen (secondary N) is 2. The van der Waals surface area contributed by atoms with E-state index >= 15 is 0 Å². The van der Waals surface area contributed by atoms with Gasteiger partial charge in [0.2, 0.25) is 23.6 Å². The number of aliphatic imine (C=N–C) groups is 1. The van der Waals surface area contributed by atoms with Gasteiger partial charge in [0.1, 0.15) is 18.1 Å². The molecule has 0 radical (unpaired) electrons. The average molecular weight is 457 g/mol. The SMILES string of the molecule is CC(NC(=O)C(N)CC(N)=O)C(=O)NC(CCCN=C(N)N)C(=O)N1CCCC1C(=O)O. The van der Waals surface area contributed by atoms with Gasteiger partial charge >= 0.3 is 5.97 Å². The maximum Gasteiger partial charge on any atom is 0.326 e. The number of carboxylic acids is 1. The summed E-state index contributed by atoms with van der Waals surface area (Å²) in [6.45, 7) is 1.84. The summed E-state index contributed by atoms with van der Waals surface area (Å²) in [5.41, 5.74) is 21.1. The Balaban J connectivity index is 2.84. The Bertz CT molecular complexity index is 754. The molecule has 0 bridgehead atoms. The van der Waals surface area contributed by atoms with Crippen LogP contribution in [0.2, 0.25) is 0 Å². The van der Waals surface area contributed by atoms with E-state index in [1.165, 1.54) is 11.8 Å². The van der Waals surface area contributed by atoms with Crippen molar-refractivity contribution in [2.75, 3.05) is 13.1 Å². The average Bonchev–Trinajstić information content (AvgIpc) is 3.18. The van der Waals surface area contributed by atoms with Crippen LogP contribution in [0.15, 0.2) is 4.99 Å². The number of guanidine groups is 1. The van der Waals surface area contributed by atoms with Crippen LogP contribution in [0.4, 0.5) is 0 Å². The second-order valence-corrected chi connectivity index (χ2v) is 7.55. The number of carbonyl (C=O) groups excluding carboxylic acids is 4. The van der Waals surface area contributed by atoms with Crippen LogP contribution in [0.5, 0.6) is 0 Å². The zero-order valence-corrected chi connectivity index (χ0v) is 18.0. The van der Waals surface area contributed by atoms with Crippen molar-refractivity contribution < 1.29 is 29.1 Å². The number of aliphatic carboxylic acids is 1. The fourth-order valence-corrected chi connectivity index (χ4v) is 3.24. The molecule has 4 unspecified atom stereocenters. The second kappa shape index (κ2) is 12.4. The van der Waals surface area contributed by atoms with Crippen molar-refractivity contribution in [1.29, 1.82) is 0 Å². The van der Waals surface area contributed by atoms with E-state index < -0.39 is 60.2 Å². The van der Waals surface area contributed by atoms with E-state index in [0.29, 0.717) is 19.3 Å². The van der Waals surface area contributed by atoms with Crippen LogP contribution in [-0.2, 0) is 24.0 Å². The number of nitrogens with zero attached hydrogens (tertiary/aromatic N) is 2. The highest BCUT2D eigenvalue weighted by Crippen LogP contribution is 2.19. The first kappa shape index (κ1) is 26.6. The number of hydrogen-bond acceptors (Lipinski definition) is 7. The lowest BCUT2D eigenvalue weighted by Crippen LogP contribution is -2.56. The Morgan fingerprint density at radius 3 is 2.34 bits per heavy atom. The quantitative estimate of drug-likeness (QED) is 0.0865. The van der Waals surface area contributed by atoms with Gasteiger partial charge in [0.05, 0.1) is 12.5 Å². The minimum Gasteiger partial charge on any atom is -0.480 e. The maximum atomic E-state index is 13.0. The normalized spacial score (nSPS) is 18.2. The van der Waals surface area contributed by atoms with E-state index in [4.69, 9.17) is 22.9 Å². The molecule has 1 rings (SSSR count). The predicted octanol–water partition coefficient (Wildman–Crippen LogP) is -3.69. The number of primary amides is 1. The van der Waals surface area contributed by atoms with Crippen LogP contribution >= 0.6 is 0 Å². The molecule has 180 valence electrons. The monoisotopic (exact) mass is 456 g/mol. The Morgan fingerprint density at radius 1 is 1.12 bits per heavy atom. The molecule has 14 nitrogen and oxygen atoms in total. The maximum absolute atomic E-state index is 13.0. The van der Waals surface area contributed by atoms with Crippen molar-refractivity contribution in [3.8, 4) is 0 Å². The summed E-state index contributed by atoms with van der Waals surface area (Å²) in [7, 11) is 0. The number of carbonyl (C=O) groups is 5. The van der Waals surface area contributed by atoms with Gasteiger partial charge in [0, 0.05) is 13.1 Å². The molecule has 11 N–H and O–H groups in total. The van der Waals surface area contributed by atoms with Gasteiger partial charge < -0.3 is 43.6 Å². The molecule has 4 amide bonds. The molecule has 1 saturated heterocycles. The lowest BCUT2D eigenvalue weighted by atomic mass is 10.1. The molecule has 1 heterocycles. The Morgan fingerprint density at radius 2 is 1.78 bits per heavy atom. The summed E-state index contributed by atoms with van der Waals surface area (Å²) in [6.07, 6.45) is 0.940. The van der Waals surface area contributed by atoms with Crippen molar-refractivity contribution >= 4 is 35.6 Å². The van der Waals surface area contributed by atoms with Crippen molar-refractivity contribution in [3.05, 3.63) is 0 Å². The van der Waals surface area contributed by atoms with E-state index in [1.54, 1.807) is 0 Å². The topological polar surface area (TPSA) is 249 Å². The molecule has 0 aromatic rings. The molecule has 14 heteroatoms. The molecular formula is C18H32N8O6. The van der Waals surface area contributed by atoms with Crippen molar-refractivity contribution in [2.45, 2.75) is 63.2 Å². The highest BCUT2D eigenvalue weighted by Gasteiger charge is 2.37. The number of likely N-dealkylation sites (tertiary alicyclic amines) is 1. The van der Waals surface area contributed by atoms with Gasteiger partial charge in [-0.2, -0.15) is 0 Å². The van der Waals surface area contributed by atoms with E-state index in [0.717, 1.165) is 0 Å². The Labute approximate surface area is 185 Å². The smallest absolute Gasteiger partial charge is 0.326 e. The van der Waals surface area contributed by atoms with Gasteiger partial charge in [-0.05, 0) is 32.6 Å². The van der Waals surface area contributed by atoms with Crippen molar-refractivity contribution in [2.24, 2.45) is 27.9 Å². The first-order valence-corrected chi connectivity index (χ1v) is 10.2. The molecule has 32 heavy (non-hydrogen) atoms. The largest absolute Gasteiger partial charge is 0.480 e. The fourth-order valence-electron chi connectivity index (χ4n) is 3.24. The molecule has 0 aromatic heterocycles. The third-order valence-electron chi connectivity index (χ3n) is 4.89. The van der Waals surface area contributed by atoms with Crippen LogP contribution in [0.1, 0.15) is 39.0 Å². The fraction of sp³-hybridized carbons (Fsp3) is 0.667. The number of rotatable bonds is 12. The summed E-state index contributed by atoms with van der Waals surface area (Å²) in [4.78, 5) is 65.0. The summed E-state index contributed by atoms with van der Waals surface area (Å²) < 4.78 is 0. The summed E-state index contributed by atoms with van der Waals surface area (Å²) in [5, 5.41) is 14.2. The number of amides is 4. The third kappa shape index (κ3) is 8.37. The lowest BCUT2D eigenvalue weighted by Gasteiger charge is -2.28. The van der Waals surface area contributed by atoms with Gasteiger partial charge in [-0.15, -0.1) is 0 Å². The zero-order valence-electron chi connectivity index (χ0n) is 18.0. The van der Waals surface area contributed by atoms with Gasteiger partial charge in [0.15, 0.2) is 5.96 Å². The second-order valence-electron chi connectivity index (χ2n) is 7.55. The van der Waals surface area contributed by atoms with Crippen LogP contribution < -0.4 is 33.6 Å². The Kier molecular flexibility index (Phi) is 10.3. The number of nitrogens with two attached hydrogens (primary N) is 4. The number of hydrogen-bond donors (Lipinski definition) is 7. The van der Waals surface area contributed by atoms with Crippen LogP contribution in [0.3, 0.4) is 0 Å². The molecule has 4 atom stereocenters. The van der Waals surface area contributed by atoms with E-state index in [9.17, 15) is 29.1 Å². The standard InChI is InChI=1S/C18H32N8O6/c1-9(24-15(29)10(19)8-13(20)27)14(28)25-11(4-2-6-23-18(21)22)16(30)26-7-3-5-12(26)17(31)32/h9-12H,2-8,19H2,1H3,(H2,20,27)(H,24,29)(H,25,28)(H,31,32)(H4,21,22,23). The molecule has 1 aliphatic heterocycles. The van der Waals surface area contributed by atoms with Gasteiger partial charge in [0.25, 0.3) is 0 Å². The Hall–Kier alpha value is -3.42. The van der Waals surface area contributed by atoms with Crippen LogP contribution in [0.25, 0.3) is 0 Å². The summed E-state index contributed by atoms with van der Waals surface area (Å²) in [6, 6.07) is -4.32. The number of carboxylic acid groups (broad SMARTS) is 1. The van der Waals surface area contributed by atoms with Gasteiger partial charge in [-0.25, -0.2) is 4.79 Å². The zero-order chi connectivity index (χ0) is 24.4. The highest BCUT2D eigenvalue weighted by molar-refractivity contribution is 5.95. The van der Waals surface area contributed by atoms with Crippen molar-refractivity contribution in [3.63, 3.8) is 0 Å².